The highest BCUT2D eigenvalue weighted by Gasteiger charge is 2.13. The van der Waals surface area contributed by atoms with E-state index in [-0.39, 0.29) is 5.82 Å². The third-order valence-electron chi connectivity index (χ3n) is 2.48. The van der Waals surface area contributed by atoms with Crippen LogP contribution >= 0.6 is 27.3 Å². The molecular weight excluding hydrogens is 329 g/mol. The van der Waals surface area contributed by atoms with Crippen molar-refractivity contribution in [2.24, 2.45) is 5.92 Å². The fourth-order valence-electron chi connectivity index (χ4n) is 1.57. The number of halogens is 2. The molecule has 0 fully saturated rings. The summed E-state index contributed by atoms with van der Waals surface area (Å²) in [6.07, 6.45) is 0. The van der Waals surface area contributed by atoms with Crippen molar-refractivity contribution in [2.45, 2.75) is 20.4 Å². The van der Waals surface area contributed by atoms with Gasteiger partial charge < -0.3 is 5.32 Å². The Bertz CT molecular complexity index is 557. The topological polar surface area (TPSA) is 37.8 Å². The van der Waals surface area contributed by atoms with Crippen LogP contribution in [-0.2, 0) is 6.54 Å². The summed E-state index contributed by atoms with van der Waals surface area (Å²) in [5.74, 6) is 0.301. The second kappa shape index (κ2) is 6.54. The lowest BCUT2D eigenvalue weighted by molar-refractivity contribution is 0.550. The van der Waals surface area contributed by atoms with Crippen molar-refractivity contribution in [3.63, 3.8) is 0 Å². The minimum Gasteiger partial charge on any atom is -0.310 e. The molecule has 19 heavy (non-hydrogen) atoms. The molecule has 0 amide bonds. The Labute approximate surface area is 124 Å². The summed E-state index contributed by atoms with van der Waals surface area (Å²) >= 11 is 4.59. The monoisotopic (exact) mass is 343 g/mol. The summed E-state index contributed by atoms with van der Waals surface area (Å²) < 4.78 is 14.4. The maximum Gasteiger partial charge on any atom is 0.150 e. The van der Waals surface area contributed by atoms with Gasteiger partial charge in [0.1, 0.15) is 10.8 Å². The third-order valence-corrected chi connectivity index (χ3v) is 4.05. The van der Waals surface area contributed by atoms with Crippen molar-refractivity contribution in [3.8, 4) is 10.6 Å². The van der Waals surface area contributed by atoms with E-state index in [0.717, 1.165) is 11.6 Å². The molecule has 1 aromatic heterocycles. The first-order valence-electron chi connectivity index (χ1n) is 6.05. The van der Waals surface area contributed by atoms with Crippen LogP contribution in [0.1, 0.15) is 18.9 Å². The van der Waals surface area contributed by atoms with Gasteiger partial charge in [0.15, 0.2) is 5.01 Å². The molecule has 0 radical (unpaired) electrons. The Morgan fingerprint density at radius 3 is 2.89 bits per heavy atom. The zero-order valence-corrected chi connectivity index (χ0v) is 13.2. The van der Waals surface area contributed by atoms with Gasteiger partial charge in [-0.2, -0.15) is 0 Å². The van der Waals surface area contributed by atoms with E-state index in [0.29, 0.717) is 27.5 Å². The summed E-state index contributed by atoms with van der Waals surface area (Å²) in [7, 11) is 0. The van der Waals surface area contributed by atoms with Crippen LogP contribution in [0.2, 0.25) is 0 Å². The van der Waals surface area contributed by atoms with Crippen molar-refractivity contribution in [1.82, 2.24) is 15.5 Å². The SMILES string of the molecule is CC(C)CNCc1nnc(-c2cccc(Br)c2F)s1. The molecular formula is C13H15BrFN3S. The van der Waals surface area contributed by atoms with Crippen molar-refractivity contribution in [3.05, 3.63) is 33.5 Å². The summed E-state index contributed by atoms with van der Waals surface area (Å²) in [6.45, 7) is 5.90. The number of benzene rings is 1. The van der Waals surface area contributed by atoms with Gasteiger partial charge in [0.2, 0.25) is 0 Å². The van der Waals surface area contributed by atoms with Crippen LogP contribution in [0.25, 0.3) is 10.6 Å². The van der Waals surface area contributed by atoms with Crippen LogP contribution in [0.3, 0.4) is 0 Å². The molecule has 0 saturated heterocycles. The molecule has 1 aromatic carbocycles. The zero-order chi connectivity index (χ0) is 13.8. The molecule has 0 bridgehead atoms. The number of nitrogens with one attached hydrogen (secondary N) is 1. The van der Waals surface area contributed by atoms with E-state index in [9.17, 15) is 4.39 Å². The van der Waals surface area contributed by atoms with E-state index in [4.69, 9.17) is 0 Å². The fraction of sp³-hybridized carbons (Fsp3) is 0.385. The maximum atomic E-state index is 13.9. The highest BCUT2D eigenvalue weighted by atomic mass is 79.9. The van der Waals surface area contributed by atoms with Crippen LogP contribution in [0.5, 0.6) is 0 Å². The van der Waals surface area contributed by atoms with E-state index in [1.807, 2.05) is 0 Å². The van der Waals surface area contributed by atoms with Crippen LogP contribution in [0, 0.1) is 11.7 Å². The van der Waals surface area contributed by atoms with Crippen molar-refractivity contribution >= 4 is 27.3 Å². The quantitative estimate of drug-likeness (QED) is 0.895. The molecule has 0 saturated carbocycles. The Morgan fingerprint density at radius 2 is 2.16 bits per heavy atom. The van der Waals surface area contributed by atoms with Crippen molar-refractivity contribution < 1.29 is 4.39 Å². The summed E-state index contributed by atoms with van der Waals surface area (Å²) in [4.78, 5) is 0. The minimum atomic E-state index is -0.291. The molecule has 0 unspecified atom stereocenters. The average Bonchev–Trinajstić information content (AvgIpc) is 2.81. The average molecular weight is 344 g/mol. The minimum absolute atomic E-state index is 0.291. The van der Waals surface area contributed by atoms with Gasteiger partial charge in [-0.25, -0.2) is 4.39 Å². The Balaban J connectivity index is 2.10. The molecule has 0 aliphatic rings. The lowest BCUT2D eigenvalue weighted by atomic mass is 10.2. The molecule has 0 aliphatic carbocycles. The highest BCUT2D eigenvalue weighted by molar-refractivity contribution is 9.10. The van der Waals surface area contributed by atoms with Crippen LogP contribution < -0.4 is 5.32 Å². The van der Waals surface area contributed by atoms with Crippen molar-refractivity contribution in [1.29, 1.82) is 0 Å². The number of rotatable bonds is 5. The first kappa shape index (κ1) is 14.6. The van der Waals surface area contributed by atoms with Crippen molar-refractivity contribution in [2.75, 3.05) is 6.54 Å². The standard InChI is InChI=1S/C13H15BrFN3S/c1-8(2)6-16-7-11-17-18-13(19-11)9-4-3-5-10(14)12(9)15/h3-5,8,16H,6-7H2,1-2H3. The van der Waals surface area contributed by atoms with Gasteiger partial charge in [-0.05, 0) is 40.5 Å². The number of aromatic nitrogens is 2. The molecule has 102 valence electrons. The van der Waals surface area contributed by atoms with Gasteiger partial charge in [0.25, 0.3) is 0 Å². The first-order valence-corrected chi connectivity index (χ1v) is 7.66. The summed E-state index contributed by atoms with van der Waals surface area (Å²) in [5.41, 5.74) is 0.488. The van der Waals surface area contributed by atoms with Gasteiger partial charge in [-0.1, -0.05) is 31.3 Å². The molecule has 0 spiro atoms. The van der Waals surface area contributed by atoms with E-state index in [2.05, 4.69) is 45.3 Å². The highest BCUT2D eigenvalue weighted by Crippen LogP contribution is 2.29. The predicted octanol–water partition coefficient (Wildman–Crippen LogP) is 3.85. The summed E-state index contributed by atoms with van der Waals surface area (Å²) in [5, 5.41) is 12.9. The van der Waals surface area contributed by atoms with E-state index in [1.165, 1.54) is 11.3 Å². The molecule has 2 rings (SSSR count). The number of hydrogen-bond donors (Lipinski definition) is 1. The van der Waals surface area contributed by atoms with Gasteiger partial charge >= 0.3 is 0 Å². The van der Waals surface area contributed by atoms with Gasteiger partial charge in [0.05, 0.1) is 4.47 Å². The number of hydrogen-bond acceptors (Lipinski definition) is 4. The molecule has 6 heteroatoms. The van der Waals surface area contributed by atoms with Gasteiger partial charge in [-0.3, -0.25) is 0 Å². The Hall–Kier alpha value is -0.850. The molecule has 1 N–H and O–H groups in total. The van der Waals surface area contributed by atoms with Gasteiger partial charge in [0, 0.05) is 12.1 Å². The third kappa shape index (κ3) is 3.81. The fourth-order valence-corrected chi connectivity index (χ4v) is 2.77. The van der Waals surface area contributed by atoms with Gasteiger partial charge in [-0.15, -0.1) is 10.2 Å². The lowest BCUT2D eigenvalue weighted by Crippen LogP contribution is -2.18. The molecule has 3 nitrogen and oxygen atoms in total. The molecule has 0 atom stereocenters. The Morgan fingerprint density at radius 1 is 1.37 bits per heavy atom. The van der Waals surface area contributed by atoms with Crippen LogP contribution in [0.4, 0.5) is 4.39 Å². The molecule has 0 aliphatic heterocycles. The van der Waals surface area contributed by atoms with E-state index < -0.39 is 0 Å². The van der Waals surface area contributed by atoms with E-state index in [1.54, 1.807) is 18.2 Å². The van der Waals surface area contributed by atoms with Crippen LogP contribution in [0.15, 0.2) is 22.7 Å². The first-order chi connectivity index (χ1) is 9.08. The second-order valence-corrected chi connectivity index (χ2v) is 6.54. The Kier molecular flexibility index (Phi) is 5.01. The predicted molar refractivity (Wildman–Crippen MR) is 79.5 cm³/mol. The number of nitrogens with zero attached hydrogens (tertiary/aromatic N) is 2. The largest absolute Gasteiger partial charge is 0.310 e. The smallest absolute Gasteiger partial charge is 0.150 e. The normalized spacial score (nSPS) is 11.2. The van der Waals surface area contributed by atoms with Crippen LogP contribution in [-0.4, -0.2) is 16.7 Å². The molecule has 2 aromatic rings. The summed E-state index contributed by atoms with van der Waals surface area (Å²) in [6, 6.07) is 5.18. The second-order valence-electron chi connectivity index (χ2n) is 4.63. The lowest BCUT2D eigenvalue weighted by Gasteiger charge is -2.04. The maximum absolute atomic E-state index is 13.9. The zero-order valence-electron chi connectivity index (χ0n) is 10.8. The molecule has 1 heterocycles. The van der Waals surface area contributed by atoms with E-state index >= 15 is 0 Å².